The second-order valence-corrected chi connectivity index (χ2v) is 9.72. The predicted octanol–water partition coefficient (Wildman–Crippen LogP) is 7.42. The minimum atomic E-state index is -9.50. The number of epoxide rings is 1. The van der Waals surface area contributed by atoms with E-state index in [0.29, 0.717) is 0 Å². The van der Waals surface area contributed by atoms with E-state index in [-0.39, 0.29) is 13.2 Å². The molecule has 1 rings (SSSR count). The smallest absolute Gasteiger partial charge is 0.385 e. The van der Waals surface area contributed by atoms with Gasteiger partial charge in [-0.05, 0) is 0 Å². The lowest BCUT2D eigenvalue weighted by molar-refractivity contribution is -0.476. The highest BCUT2D eigenvalue weighted by Gasteiger charge is 2.98. The van der Waals surface area contributed by atoms with Gasteiger partial charge >= 0.3 is 71.6 Å². The molecule has 28 heteroatoms. The van der Waals surface area contributed by atoms with Gasteiger partial charge in [-0.15, -0.1) is 0 Å². The summed E-state index contributed by atoms with van der Waals surface area (Å²) < 4.78 is 338. The number of alkyl halides is 24. The van der Waals surface area contributed by atoms with Crippen LogP contribution in [0.3, 0.4) is 0 Å². The fourth-order valence-corrected chi connectivity index (χ4v) is 3.09. The topological polar surface area (TPSA) is 51.2 Å². The van der Waals surface area contributed by atoms with Gasteiger partial charge in [0.15, 0.2) is 0 Å². The molecule has 0 aliphatic carbocycles. The zero-order valence-corrected chi connectivity index (χ0v) is 22.2. The van der Waals surface area contributed by atoms with E-state index in [1.54, 1.807) is 0 Å². The molecular formula is C20H16F24O4. The molecule has 2 atom stereocenters. The van der Waals surface area contributed by atoms with Crippen molar-refractivity contribution < 1.29 is 125 Å². The predicted molar refractivity (Wildman–Crippen MR) is 102 cm³/mol. The number of aliphatic hydroxyl groups excluding tert-OH is 1. The Balaban J connectivity index is 3.46. The van der Waals surface area contributed by atoms with Crippen molar-refractivity contribution in [1.82, 2.24) is 0 Å². The molecule has 0 aromatic rings. The molecule has 1 heterocycles. The first kappa shape index (κ1) is 44.2. The molecule has 1 N–H and O–H groups in total. The molecule has 1 saturated heterocycles. The number of aliphatic hydroxyl groups is 1. The summed E-state index contributed by atoms with van der Waals surface area (Å²) in [5.41, 5.74) is 0. The molecule has 0 amide bonds. The zero-order chi connectivity index (χ0) is 38.6. The van der Waals surface area contributed by atoms with Gasteiger partial charge in [-0.2, -0.15) is 96.6 Å². The highest BCUT2D eigenvalue weighted by atomic mass is 19.4. The fraction of sp³-hybridized carbons (Fsp3) is 1.00. The van der Waals surface area contributed by atoms with Crippen LogP contribution in [0, 0.1) is 0 Å². The Morgan fingerprint density at radius 3 is 1.21 bits per heavy atom. The van der Waals surface area contributed by atoms with E-state index < -0.39 is 110 Å². The van der Waals surface area contributed by atoms with Gasteiger partial charge in [-0.1, -0.05) is 0 Å². The molecule has 0 aromatic carbocycles. The Hall–Kier alpha value is -1.84. The van der Waals surface area contributed by atoms with Crippen LogP contribution < -0.4 is 0 Å². The Morgan fingerprint density at radius 2 is 0.896 bits per heavy atom. The van der Waals surface area contributed by atoms with Crippen molar-refractivity contribution in [2.45, 2.75) is 90.2 Å². The van der Waals surface area contributed by atoms with Gasteiger partial charge in [0.25, 0.3) is 0 Å². The van der Waals surface area contributed by atoms with E-state index in [2.05, 4.69) is 9.47 Å². The Bertz CT molecular complexity index is 1090. The first-order chi connectivity index (χ1) is 21.0. The highest BCUT2D eigenvalue weighted by Crippen LogP contribution is 2.67. The molecule has 4 nitrogen and oxygen atoms in total. The average Bonchev–Trinajstić information content (AvgIpc) is 3.75. The van der Waals surface area contributed by atoms with Crippen molar-refractivity contribution >= 4 is 0 Å². The van der Waals surface area contributed by atoms with Gasteiger partial charge in [-0.25, -0.2) is 8.78 Å². The SMILES string of the molecule is OCC(COCCC(F)(F)C(F)(F)C(F)(F)C(F)(F)C(F)(F)C(F)(F)C(F)(F)C(F)(F)C(F)(F)C(F)(F)C(F)(F)C(F)F)OCC1CO1. The van der Waals surface area contributed by atoms with Crippen LogP contribution >= 0.6 is 0 Å². The van der Waals surface area contributed by atoms with E-state index in [9.17, 15) is 105 Å². The van der Waals surface area contributed by atoms with Crippen LogP contribution in [0.4, 0.5) is 105 Å². The van der Waals surface area contributed by atoms with E-state index in [4.69, 9.17) is 9.84 Å². The summed E-state index contributed by atoms with van der Waals surface area (Å²) in [6, 6.07) is 0. The molecule has 0 aromatic heterocycles. The van der Waals surface area contributed by atoms with E-state index in [0.717, 1.165) is 0 Å². The van der Waals surface area contributed by atoms with Gasteiger partial charge in [0.2, 0.25) is 0 Å². The van der Waals surface area contributed by atoms with Gasteiger partial charge in [0.05, 0.1) is 33.0 Å². The molecule has 0 bridgehead atoms. The summed E-state index contributed by atoms with van der Waals surface area (Å²) in [4.78, 5) is 0. The second kappa shape index (κ2) is 13.0. The molecule has 0 radical (unpaired) electrons. The molecule has 0 saturated carbocycles. The highest BCUT2D eigenvalue weighted by molar-refractivity contribution is 5.19. The van der Waals surface area contributed by atoms with Crippen LogP contribution in [0.15, 0.2) is 0 Å². The second-order valence-electron chi connectivity index (χ2n) is 9.72. The third-order valence-corrected chi connectivity index (χ3v) is 6.29. The number of hydrogen-bond donors (Lipinski definition) is 1. The summed E-state index contributed by atoms with van der Waals surface area (Å²) in [7, 11) is 0. The quantitative estimate of drug-likeness (QED) is 0.0796. The number of rotatable bonds is 20. The van der Waals surface area contributed by atoms with Crippen LogP contribution in [0.25, 0.3) is 0 Å². The average molecular weight is 776 g/mol. The van der Waals surface area contributed by atoms with E-state index in [1.807, 2.05) is 0 Å². The Labute approximate surface area is 249 Å². The minimum absolute atomic E-state index is 0.146. The van der Waals surface area contributed by atoms with Gasteiger partial charge in [0.1, 0.15) is 12.2 Å². The maximum Gasteiger partial charge on any atom is 0.385 e. The zero-order valence-electron chi connectivity index (χ0n) is 22.2. The molecule has 2 unspecified atom stereocenters. The van der Waals surface area contributed by atoms with Crippen LogP contribution in [0.5, 0.6) is 0 Å². The lowest BCUT2D eigenvalue weighted by Crippen LogP contribution is -2.78. The first-order valence-corrected chi connectivity index (χ1v) is 11.8. The van der Waals surface area contributed by atoms with E-state index in [1.165, 1.54) is 0 Å². The number of halogens is 24. The monoisotopic (exact) mass is 776 g/mol. The summed E-state index contributed by atoms with van der Waals surface area (Å²) in [6.07, 6.45) is -11.3. The van der Waals surface area contributed by atoms with Crippen molar-refractivity contribution in [3.05, 3.63) is 0 Å². The Morgan fingerprint density at radius 1 is 0.562 bits per heavy atom. The standard InChI is InChI=1S/C20H16F24O4/c21-9(22)11(25,26)13(29,30)15(33,34)17(37,38)19(41,42)20(43,44)18(39,40)16(35,36)14(31,32)12(27,28)10(23,24)1-2-46-4-7(3-45)47-5-8-6-48-8/h7-9,45H,1-6H2. The van der Waals surface area contributed by atoms with Gasteiger partial charge in [-0.3, -0.25) is 0 Å². The normalized spacial score (nSPS) is 19.2. The van der Waals surface area contributed by atoms with Crippen LogP contribution in [-0.2, 0) is 14.2 Å². The third-order valence-electron chi connectivity index (χ3n) is 6.29. The summed E-state index contributed by atoms with van der Waals surface area (Å²) in [5, 5.41) is 8.96. The van der Waals surface area contributed by atoms with Crippen molar-refractivity contribution in [3.8, 4) is 0 Å². The third kappa shape index (κ3) is 6.54. The van der Waals surface area contributed by atoms with Crippen LogP contribution in [0.2, 0.25) is 0 Å². The molecule has 1 aliphatic rings. The lowest BCUT2D eigenvalue weighted by atomic mass is 9.84. The van der Waals surface area contributed by atoms with E-state index >= 15 is 0 Å². The van der Waals surface area contributed by atoms with Crippen molar-refractivity contribution in [2.24, 2.45) is 0 Å². The van der Waals surface area contributed by atoms with Crippen molar-refractivity contribution in [1.29, 1.82) is 0 Å². The number of hydrogen-bond acceptors (Lipinski definition) is 4. The largest absolute Gasteiger partial charge is 0.394 e. The number of ether oxygens (including phenoxy) is 3. The van der Waals surface area contributed by atoms with Gasteiger partial charge in [0, 0.05) is 6.42 Å². The maximum atomic E-state index is 13.9. The molecule has 0 spiro atoms. The fourth-order valence-electron chi connectivity index (χ4n) is 3.09. The molecule has 48 heavy (non-hydrogen) atoms. The molecule has 1 aliphatic heterocycles. The molecular weight excluding hydrogens is 760 g/mol. The summed E-state index contributed by atoms with van der Waals surface area (Å²) in [5.74, 6) is -96.6. The first-order valence-electron chi connectivity index (χ1n) is 11.8. The minimum Gasteiger partial charge on any atom is -0.394 e. The summed E-state index contributed by atoms with van der Waals surface area (Å²) in [6.45, 7) is -4.25. The molecule has 1 fully saturated rings. The lowest BCUT2D eigenvalue weighted by Gasteiger charge is -2.45. The van der Waals surface area contributed by atoms with Crippen LogP contribution in [-0.4, -0.2) is 122 Å². The van der Waals surface area contributed by atoms with Crippen LogP contribution in [0.1, 0.15) is 6.42 Å². The van der Waals surface area contributed by atoms with Crippen molar-refractivity contribution in [2.75, 3.05) is 33.0 Å². The Kier molecular flexibility index (Phi) is 12.0. The van der Waals surface area contributed by atoms with Crippen molar-refractivity contribution in [3.63, 3.8) is 0 Å². The summed E-state index contributed by atoms with van der Waals surface area (Å²) >= 11 is 0. The maximum absolute atomic E-state index is 13.9. The van der Waals surface area contributed by atoms with Gasteiger partial charge < -0.3 is 19.3 Å². The molecule has 288 valence electrons.